The lowest BCUT2D eigenvalue weighted by atomic mass is 10.0. The van der Waals surface area contributed by atoms with E-state index < -0.39 is 18.1 Å². The molecule has 5 N–H and O–H groups in total. The van der Waals surface area contributed by atoms with E-state index in [0.717, 1.165) is 16.5 Å². The summed E-state index contributed by atoms with van der Waals surface area (Å²) in [5, 5.41) is 19.6. The number of para-hydroxylation sites is 1. The number of rotatable bonds is 5. The number of benzene rings is 1. The molecule has 0 bridgehead atoms. The number of aromatic nitrogens is 1. The van der Waals surface area contributed by atoms with Crippen LogP contribution in [0.5, 0.6) is 0 Å². The second-order valence-electron chi connectivity index (χ2n) is 4.48. The molecule has 2 unspecified atom stereocenters. The number of carboxylic acids is 1. The molecule has 0 spiro atoms. The highest BCUT2D eigenvalue weighted by Gasteiger charge is 2.18. The molecule has 7 heteroatoms. The first-order valence-corrected chi connectivity index (χ1v) is 6.20. The molecule has 2 rings (SSSR count). The third-order valence-electron chi connectivity index (χ3n) is 2.97. The van der Waals surface area contributed by atoms with Crippen LogP contribution in [0.1, 0.15) is 12.0 Å². The number of fused-ring (bicyclic) bond motifs is 1. The molecule has 7 nitrogen and oxygen atoms in total. The van der Waals surface area contributed by atoms with Crippen LogP contribution in [0.2, 0.25) is 0 Å². The van der Waals surface area contributed by atoms with Crippen LogP contribution in [-0.2, 0) is 20.8 Å². The molecule has 0 aliphatic heterocycles. The number of nitrogens with one attached hydrogen (secondary N) is 1. The summed E-state index contributed by atoms with van der Waals surface area (Å²) in [6, 6.07) is 6.75. The molecule has 0 saturated carbocycles. The number of aromatic amines is 1. The Balaban J connectivity index is 0.000000677. The van der Waals surface area contributed by atoms with Gasteiger partial charge < -0.3 is 20.9 Å². The molecule has 112 valence electrons. The lowest BCUT2D eigenvalue weighted by molar-refractivity contribution is -0.191. The van der Waals surface area contributed by atoms with Gasteiger partial charge in [-0.05, 0) is 18.1 Å². The fraction of sp³-hybridized carbons (Fsp3) is 0.286. The Morgan fingerprint density at radius 3 is 2.57 bits per heavy atom. The first-order chi connectivity index (χ1) is 9.99. The third kappa shape index (κ3) is 4.85. The average Bonchev–Trinajstić information content (AvgIpc) is 2.83. The minimum atomic E-state index is -1.09. The number of H-pyrrole nitrogens is 1. The lowest BCUT2D eigenvalue weighted by Gasteiger charge is -2.12. The van der Waals surface area contributed by atoms with Crippen molar-refractivity contribution in [2.75, 3.05) is 0 Å². The van der Waals surface area contributed by atoms with Gasteiger partial charge in [-0.3, -0.25) is 4.79 Å². The van der Waals surface area contributed by atoms with Gasteiger partial charge in [-0.25, -0.2) is 0 Å². The van der Waals surface area contributed by atoms with Crippen molar-refractivity contribution in [1.82, 2.24) is 4.98 Å². The van der Waals surface area contributed by atoms with E-state index in [1.165, 1.54) is 0 Å². The summed E-state index contributed by atoms with van der Waals surface area (Å²) in [5.41, 5.74) is 7.36. The lowest BCUT2D eigenvalue weighted by Crippen LogP contribution is -2.34. The topological polar surface area (TPSA) is 133 Å². The van der Waals surface area contributed by atoms with Gasteiger partial charge in [0.25, 0.3) is 0 Å². The number of carboxylic acid groups (broad SMARTS) is 1. The predicted octanol–water partition coefficient (Wildman–Crippen LogP) is 0.290. The molecule has 1 heterocycles. The summed E-state index contributed by atoms with van der Waals surface area (Å²) in [7, 11) is 0. The van der Waals surface area contributed by atoms with Gasteiger partial charge in [0.15, 0.2) is 0 Å². The predicted molar refractivity (Wildman–Crippen MR) is 73.2 cm³/mol. The quantitative estimate of drug-likeness (QED) is 0.626. The molecule has 0 aliphatic carbocycles. The number of nitrogens with two attached hydrogens (primary N) is 1. The van der Waals surface area contributed by atoms with E-state index in [4.69, 9.17) is 20.4 Å². The van der Waals surface area contributed by atoms with Gasteiger partial charge in [0.2, 0.25) is 0 Å². The summed E-state index contributed by atoms with van der Waals surface area (Å²) in [6.07, 6.45) is 1.77. The van der Waals surface area contributed by atoms with Crippen LogP contribution < -0.4 is 5.73 Å². The van der Waals surface area contributed by atoms with E-state index in [1.807, 2.05) is 30.5 Å². The van der Waals surface area contributed by atoms with E-state index in [0.29, 0.717) is 6.42 Å². The number of carbonyl (C=O) groups is 1. The summed E-state index contributed by atoms with van der Waals surface area (Å²) in [5.74, 6) is -1.09. The summed E-state index contributed by atoms with van der Waals surface area (Å²) >= 11 is 0. The van der Waals surface area contributed by atoms with E-state index in [1.54, 1.807) is 0 Å². The first-order valence-electron chi connectivity index (χ1n) is 6.20. The highest BCUT2D eigenvalue weighted by atomic mass is 16.4. The maximum Gasteiger partial charge on any atom is 0.373 e. The minimum absolute atomic E-state index is 0.0504. The molecule has 2 atom stereocenters. The van der Waals surface area contributed by atoms with Gasteiger partial charge in [-0.1, -0.05) is 18.2 Å². The number of aliphatic carboxylic acids is 1. The van der Waals surface area contributed by atoms with Crippen molar-refractivity contribution in [1.29, 1.82) is 0 Å². The molecule has 0 amide bonds. The molecule has 1 aromatic carbocycles. The van der Waals surface area contributed by atoms with Crippen molar-refractivity contribution in [3.8, 4) is 0 Å². The maximum atomic E-state index is 10.6. The highest BCUT2D eigenvalue weighted by molar-refractivity contribution is 5.83. The average molecular weight is 292 g/mol. The minimum Gasteiger partial charge on any atom is -0.480 e. The van der Waals surface area contributed by atoms with Crippen LogP contribution in [-0.4, -0.2) is 39.5 Å². The number of hydrogen-bond donors (Lipinski definition) is 4. The van der Waals surface area contributed by atoms with Crippen molar-refractivity contribution in [3.63, 3.8) is 0 Å². The summed E-state index contributed by atoms with van der Waals surface area (Å²) < 4.78 is 0. The largest absolute Gasteiger partial charge is 0.480 e. The van der Waals surface area contributed by atoms with Crippen molar-refractivity contribution in [2.45, 2.75) is 25.0 Å². The Morgan fingerprint density at radius 2 is 1.95 bits per heavy atom. The van der Waals surface area contributed by atoms with Crippen LogP contribution >= 0.6 is 0 Å². The van der Waals surface area contributed by atoms with Crippen molar-refractivity contribution >= 4 is 23.0 Å². The van der Waals surface area contributed by atoms with Gasteiger partial charge in [-0.2, -0.15) is 9.59 Å². The molecular weight excluding hydrogens is 276 g/mol. The Morgan fingerprint density at radius 1 is 1.33 bits per heavy atom. The van der Waals surface area contributed by atoms with E-state index in [2.05, 4.69) is 4.98 Å². The van der Waals surface area contributed by atoms with Crippen LogP contribution in [0, 0.1) is 0 Å². The molecule has 21 heavy (non-hydrogen) atoms. The normalized spacial score (nSPS) is 12.9. The highest BCUT2D eigenvalue weighted by Crippen LogP contribution is 2.19. The van der Waals surface area contributed by atoms with Crippen LogP contribution in [0.3, 0.4) is 0 Å². The third-order valence-corrected chi connectivity index (χ3v) is 2.97. The Labute approximate surface area is 120 Å². The van der Waals surface area contributed by atoms with E-state index in [9.17, 15) is 9.90 Å². The monoisotopic (exact) mass is 292 g/mol. The molecule has 0 saturated heterocycles. The molecule has 0 radical (unpaired) electrons. The van der Waals surface area contributed by atoms with Crippen molar-refractivity contribution < 1.29 is 24.6 Å². The zero-order chi connectivity index (χ0) is 15.8. The second kappa shape index (κ2) is 7.96. The van der Waals surface area contributed by atoms with E-state index >= 15 is 0 Å². The van der Waals surface area contributed by atoms with Gasteiger partial charge in [0.05, 0.1) is 6.10 Å². The number of carbonyl (C=O) groups excluding carboxylic acids is 2. The van der Waals surface area contributed by atoms with Gasteiger partial charge >= 0.3 is 12.1 Å². The number of aliphatic hydroxyl groups excluding tert-OH is 1. The SMILES string of the molecule is NC(CC(O)Cc1c[nH]c2ccccc12)C(=O)O.O=C=O. The van der Waals surface area contributed by atoms with Crippen LogP contribution in [0.15, 0.2) is 30.5 Å². The van der Waals surface area contributed by atoms with Crippen molar-refractivity contribution in [3.05, 3.63) is 36.0 Å². The zero-order valence-corrected chi connectivity index (χ0v) is 11.2. The molecule has 0 fully saturated rings. The Bertz CT molecular complexity index is 631. The molecule has 1 aromatic heterocycles. The smallest absolute Gasteiger partial charge is 0.373 e. The molecule has 2 aromatic rings. The number of aliphatic hydroxyl groups is 1. The second-order valence-corrected chi connectivity index (χ2v) is 4.48. The van der Waals surface area contributed by atoms with Gasteiger partial charge in [0.1, 0.15) is 6.04 Å². The molecule has 0 aliphatic rings. The standard InChI is InChI=1S/C13H16N2O3.CO2/c14-11(13(17)18)6-9(16)5-8-7-15-12-4-2-1-3-10(8)12;2-1-3/h1-4,7,9,11,15-16H,5-6,14H2,(H,17,18);. The van der Waals surface area contributed by atoms with Gasteiger partial charge in [0, 0.05) is 23.5 Å². The number of hydrogen-bond acceptors (Lipinski definition) is 5. The van der Waals surface area contributed by atoms with Crippen LogP contribution in [0.4, 0.5) is 0 Å². The summed E-state index contributed by atoms with van der Waals surface area (Å²) in [6.45, 7) is 0. The Kier molecular flexibility index (Phi) is 6.29. The first kappa shape index (κ1) is 16.6. The Hall–Kier alpha value is -2.47. The molecular formula is C14H16N2O5. The van der Waals surface area contributed by atoms with E-state index in [-0.39, 0.29) is 12.6 Å². The van der Waals surface area contributed by atoms with Crippen LogP contribution in [0.25, 0.3) is 10.9 Å². The summed E-state index contributed by atoms with van der Waals surface area (Å²) in [4.78, 5) is 30.0. The zero-order valence-electron chi connectivity index (χ0n) is 11.2. The van der Waals surface area contributed by atoms with Crippen molar-refractivity contribution in [2.24, 2.45) is 5.73 Å². The maximum absolute atomic E-state index is 10.6. The fourth-order valence-corrected chi connectivity index (χ4v) is 2.03. The van der Waals surface area contributed by atoms with Gasteiger partial charge in [-0.15, -0.1) is 0 Å². The fourth-order valence-electron chi connectivity index (χ4n) is 2.03.